The molecule has 0 unspecified atom stereocenters. The highest BCUT2D eigenvalue weighted by molar-refractivity contribution is 6.02. The molecule has 1 saturated carbocycles. The number of rotatable bonds is 3. The highest BCUT2D eigenvalue weighted by Crippen LogP contribution is 2.31. The third-order valence-electron chi connectivity index (χ3n) is 4.68. The van der Waals surface area contributed by atoms with Crippen molar-refractivity contribution in [3.05, 3.63) is 36.0 Å². The van der Waals surface area contributed by atoms with Gasteiger partial charge in [-0.3, -0.25) is 14.6 Å². The monoisotopic (exact) mass is 312 g/mol. The zero-order valence-corrected chi connectivity index (χ0v) is 13.1. The number of anilines is 1. The summed E-state index contributed by atoms with van der Waals surface area (Å²) in [7, 11) is 0. The Bertz CT molecular complexity index is 749. The van der Waals surface area contributed by atoms with Gasteiger partial charge in [0.1, 0.15) is 0 Å². The molecular weight excluding hydrogens is 292 g/mol. The van der Waals surface area contributed by atoms with E-state index in [0.29, 0.717) is 25.7 Å². The van der Waals surface area contributed by atoms with Crippen LogP contribution in [0.1, 0.15) is 31.2 Å². The van der Waals surface area contributed by atoms with Crippen LogP contribution in [0.5, 0.6) is 0 Å². The number of carboxylic acids is 1. The molecule has 5 heteroatoms. The van der Waals surface area contributed by atoms with E-state index in [9.17, 15) is 9.59 Å². The lowest BCUT2D eigenvalue weighted by atomic mass is 9.81. The fourth-order valence-electron chi connectivity index (χ4n) is 3.26. The number of carbonyl (C=O) groups excluding carboxylic acids is 1. The van der Waals surface area contributed by atoms with E-state index < -0.39 is 5.97 Å². The summed E-state index contributed by atoms with van der Waals surface area (Å²) in [5.41, 5.74) is 2.73. The van der Waals surface area contributed by atoms with Gasteiger partial charge in [0, 0.05) is 17.5 Å². The van der Waals surface area contributed by atoms with Gasteiger partial charge in [-0.1, -0.05) is 6.07 Å². The SMILES string of the molecule is Cc1ccc(NC(=O)C2CCC(C(=O)O)CC2)c2cccnc12. The fraction of sp³-hybridized carbons (Fsp3) is 0.389. The Kier molecular flexibility index (Phi) is 4.28. The maximum atomic E-state index is 12.5. The van der Waals surface area contributed by atoms with Crippen LogP contribution in [0.2, 0.25) is 0 Å². The van der Waals surface area contributed by atoms with Crippen LogP contribution < -0.4 is 5.32 Å². The lowest BCUT2D eigenvalue weighted by Crippen LogP contribution is -2.29. The number of nitrogens with zero attached hydrogens (tertiary/aromatic N) is 1. The standard InChI is InChI=1S/C18H20N2O3/c1-11-4-9-15(14-3-2-10-19-16(11)14)20-17(21)12-5-7-13(8-6-12)18(22)23/h2-4,9-10,12-13H,5-8H2,1H3,(H,20,21)(H,22,23). The van der Waals surface area contributed by atoms with Crippen molar-refractivity contribution in [2.75, 3.05) is 5.32 Å². The van der Waals surface area contributed by atoms with Crippen LogP contribution in [0.15, 0.2) is 30.5 Å². The third-order valence-corrected chi connectivity index (χ3v) is 4.68. The summed E-state index contributed by atoms with van der Waals surface area (Å²) in [6.07, 6.45) is 4.15. The Labute approximate surface area is 134 Å². The molecule has 0 saturated heterocycles. The molecular formula is C18H20N2O3. The topological polar surface area (TPSA) is 79.3 Å². The van der Waals surface area contributed by atoms with Gasteiger partial charge in [-0.25, -0.2) is 0 Å². The minimum atomic E-state index is -0.750. The summed E-state index contributed by atoms with van der Waals surface area (Å²) in [6, 6.07) is 7.66. The number of aromatic nitrogens is 1. The van der Waals surface area contributed by atoms with E-state index in [2.05, 4.69) is 10.3 Å². The van der Waals surface area contributed by atoms with Crippen LogP contribution in [0.4, 0.5) is 5.69 Å². The molecule has 0 atom stereocenters. The number of hydrogen-bond acceptors (Lipinski definition) is 3. The van der Waals surface area contributed by atoms with Crippen LogP contribution >= 0.6 is 0 Å². The quantitative estimate of drug-likeness (QED) is 0.910. The van der Waals surface area contributed by atoms with Crippen molar-refractivity contribution >= 4 is 28.5 Å². The molecule has 120 valence electrons. The van der Waals surface area contributed by atoms with Gasteiger partial charge in [0.05, 0.1) is 17.1 Å². The highest BCUT2D eigenvalue weighted by Gasteiger charge is 2.29. The molecule has 1 aromatic carbocycles. The Morgan fingerprint density at radius 3 is 2.52 bits per heavy atom. The first-order valence-electron chi connectivity index (χ1n) is 7.94. The molecule has 23 heavy (non-hydrogen) atoms. The minimum absolute atomic E-state index is 0.0251. The van der Waals surface area contributed by atoms with Gasteiger partial charge >= 0.3 is 5.97 Å². The molecule has 1 fully saturated rings. The van der Waals surface area contributed by atoms with Gasteiger partial charge in [-0.05, 0) is 56.4 Å². The zero-order chi connectivity index (χ0) is 16.4. The first-order chi connectivity index (χ1) is 11.1. The first kappa shape index (κ1) is 15.5. The smallest absolute Gasteiger partial charge is 0.306 e. The van der Waals surface area contributed by atoms with Gasteiger partial charge in [0.2, 0.25) is 5.91 Å². The minimum Gasteiger partial charge on any atom is -0.481 e. The van der Waals surface area contributed by atoms with E-state index in [-0.39, 0.29) is 17.7 Å². The zero-order valence-electron chi connectivity index (χ0n) is 13.1. The summed E-state index contributed by atoms with van der Waals surface area (Å²) in [4.78, 5) is 27.9. The summed E-state index contributed by atoms with van der Waals surface area (Å²) < 4.78 is 0. The van der Waals surface area contributed by atoms with E-state index >= 15 is 0 Å². The van der Waals surface area contributed by atoms with E-state index in [1.54, 1.807) is 6.20 Å². The average molecular weight is 312 g/mol. The Hall–Kier alpha value is -2.43. The predicted octanol–water partition coefficient (Wildman–Crippen LogP) is 3.37. The van der Waals surface area contributed by atoms with Gasteiger partial charge in [0.25, 0.3) is 0 Å². The molecule has 1 aliphatic carbocycles. The van der Waals surface area contributed by atoms with Crippen LogP contribution in [-0.2, 0) is 9.59 Å². The van der Waals surface area contributed by atoms with Crippen LogP contribution in [0.3, 0.4) is 0 Å². The van der Waals surface area contributed by atoms with Crippen molar-refractivity contribution in [1.82, 2.24) is 4.98 Å². The summed E-state index contributed by atoms with van der Waals surface area (Å²) in [6.45, 7) is 1.99. The lowest BCUT2D eigenvalue weighted by molar-refractivity contribution is -0.143. The van der Waals surface area contributed by atoms with Crippen molar-refractivity contribution in [2.24, 2.45) is 11.8 Å². The fourth-order valence-corrected chi connectivity index (χ4v) is 3.26. The number of carboxylic acid groups (broad SMARTS) is 1. The maximum absolute atomic E-state index is 12.5. The number of aliphatic carboxylic acids is 1. The third kappa shape index (κ3) is 3.18. The molecule has 0 spiro atoms. The van der Waals surface area contributed by atoms with Crippen molar-refractivity contribution in [3.63, 3.8) is 0 Å². The molecule has 3 rings (SSSR count). The van der Waals surface area contributed by atoms with Gasteiger partial charge in [0.15, 0.2) is 0 Å². The van der Waals surface area contributed by atoms with Crippen molar-refractivity contribution in [2.45, 2.75) is 32.6 Å². The summed E-state index contributed by atoms with van der Waals surface area (Å²) in [5.74, 6) is -1.19. The van der Waals surface area contributed by atoms with Crippen molar-refractivity contribution < 1.29 is 14.7 Å². The van der Waals surface area contributed by atoms with Crippen LogP contribution in [-0.4, -0.2) is 22.0 Å². The second-order valence-corrected chi connectivity index (χ2v) is 6.21. The number of hydrogen-bond donors (Lipinski definition) is 2. The number of carbonyl (C=O) groups is 2. The Balaban J connectivity index is 1.74. The molecule has 0 radical (unpaired) electrons. The van der Waals surface area contributed by atoms with Gasteiger partial charge < -0.3 is 10.4 Å². The molecule has 0 bridgehead atoms. The van der Waals surface area contributed by atoms with E-state index in [1.807, 2.05) is 31.2 Å². The molecule has 1 aliphatic rings. The number of aryl methyl sites for hydroxylation is 1. The van der Waals surface area contributed by atoms with E-state index in [0.717, 1.165) is 22.2 Å². The number of benzene rings is 1. The largest absolute Gasteiger partial charge is 0.481 e. The molecule has 5 nitrogen and oxygen atoms in total. The second-order valence-electron chi connectivity index (χ2n) is 6.21. The summed E-state index contributed by atoms with van der Waals surface area (Å²) in [5, 5.41) is 13.0. The molecule has 1 aromatic heterocycles. The summed E-state index contributed by atoms with van der Waals surface area (Å²) >= 11 is 0. The number of fused-ring (bicyclic) bond motifs is 1. The lowest BCUT2D eigenvalue weighted by Gasteiger charge is -2.25. The first-order valence-corrected chi connectivity index (χ1v) is 7.94. The predicted molar refractivity (Wildman–Crippen MR) is 88.2 cm³/mol. The maximum Gasteiger partial charge on any atom is 0.306 e. The number of nitrogens with one attached hydrogen (secondary N) is 1. The molecule has 0 aliphatic heterocycles. The van der Waals surface area contributed by atoms with Crippen molar-refractivity contribution in [3.8, 4) is 0 Å². The van der Waals surface area contributed by atoms with E-state index in [1.165, 1.54) is 0 Å². The number of pyridine rings is 1. The van der Waals surface area contributed by atoms with E-state index in [4.69, 9.17) is 5.11 Å². The molecule has 1 heterocycles. The normalized spacial score (nSPS) is 21.1. The molecule has 2 N–H and O–H groups in total. The molecule has 2 aromatic rings. The van der Waals surface area contributed by atoms with Crippen molar-refractivity contribution in [1.29, 1.82) is 0 Å². The Morgan fingerprint density at radius 1 is 1.13 bits per heavy atom. The molecule has 1 amide bonds. The van der Waals surface area contributed by atoms with Crippen LogP contribution in [0, 0.1) is 18.8 Å². The van der Waals surface area contributed by atoms with Gasteiger partial charge in [-0.15, -0.1) is 0 Å². The Morgan fingerprint density at radius 2 is 1.83 bits per heavy atom. The van der Waals surface area contributed by atoms with Crippen LogP contribution in [0.25, 0.3) is 10.9 Å². The number of amides is 1. The second kappa shape index (κ2) is 6.36. The highest BCUT2D eigenvalue weighted by atomic mass is 16.4. The van der Waals surface area contributed by atoms with Gasteiger partial charge in [-0.2, -0.15) is 0 Å². The average Bonchev–Trinajstić information content (AvgIpc) is 2.57.